The number of unbranched alkanes of at least 4 members (excludes halogenated alkanes) is 1. The van der Waals surface area contributed by atoms with Gasteiger partial charge in [0.05, 0.1) is 5.69 Å². The van der Waals surface area contributed by atoms with Gasteiger partial charge in [-0.1, -0.05) is 5.16 Å². The molecule has 2 heterocycles. The van der Waals surface area contributed by atoms with E-state index >= 15 is 0 Å². The molecule has 1 aromatic rings. The van der Waals surface area contributed by atoms with Crippen molar-refractivity contribution in [2.24, 2.45) is 4.99 Å². The third kappa shape index (κ3) is 7.35. The van der Waals surface area contributed by atoms with Crippen molar-refractivity contribution in [3.63, 3.8) is 0 Å². The summed E-state index contributed by atoms with van der Waals surface area (Å²) in [7, 11) is 1.85. The maximum Gasteiger partial charge on any atom is 0.193 e. The zero-order valence-electron chi connectivity index (χ0n) is 14.7. The predicted octanol–water partition coefficient (Wildman–Crippen LogP) is 1.80. The van der Waals surface area contributed by atoms with Crippen LogP contribution in [0.4, 0.5) is 0 Å². The topological polar surface area (TPSA) is 66.1 Å². The van der Waals surface area contributed by atoms with Crippen molar-refractivity contribution >= 4 is 29.9 Å². The van der Waals surface area contributed by atoms with Crippen LogP contribution >= 0.6 is 24.0 Å². The third-order valence-corrected chi connectivity index (χ3v) is 3.96. The number of halogens is 1. The van der Waals surface area contributed by atoms with Gasteiger partial charge in [-0.25, -0.2) is 0 Å². The van der Waals surface area contributed by atoms with Gasteiger partial charge in [0.2, 0.25) is 0 Å². The van der Waals surface area contributed by atoms with Crippen molar-refractivity contribution in [3.05, 3.63) is 18.0 Å². The lowest BCUT2D eigenvalue weighted by Crippen LogP contribution is -2.52. The third-order valence-electron chi connectivity index (χ3n) is 3.96. The molecule has 0 radical (unpaired) electrons. The number of nitrogens with zero attached hydrogens (tertiary/aromatic N) is 4. The summed E-state index contributed by atoms with van der Waals surface area (Å²) < 4.78 is 10.2. The SMILES string of the molecule is CCOCCCCNC(=NC)N1CCN(Cc2ccon2)CC1.I. The molecular formula is C16H30IN5O2. The summed E-state index contributed by atoms with van der Waals surface area (Å²) >= 11 is 0. The number of guanidine groups is 1. The largest absolute Gasteiger partial charge is 0.382 e. The van der Waals surface area contributed by atoms with Gasteiger partial charge in [-0.2, -0.15) is 0 Å². The molecule has 138 valence electrons. The van der Waals surface area contributed by atoms with Crippen LogP contribution in [0.2, 0.25) is 0 Å². The van der Waals surface area contributed by atoms with Crippen LogP contribution in [0.25, 0.3) is 0 Å². The molecule has 0 spiro atoms. The highest BCUT2D eigenvalue weighted by Gasteiger charge is 2.19. The van der Waals surface area contributed by atoms with E-state index in [0.717, 1.165) is 77.0 Å². The Morgan fingerprint density at radius 1 is 1.33 bits per heavy atom. The van der Waals surface area contributed by atoms with Crippen molar-refractivity contribution in [2.45, 2.75) is 26.3 Å². The van der Waals surface area contributed by atoms with E-state index in [1.54, 1.807) is 6.26 Å². The number of hydrogen-bond acceptors (Lipinski definition) is 5. The highest BCUT2D eigenvalue weighted by molar-refractivity contribution is 14.0. The molecule has 8 heteroatoms. The molecule has 0 atom stereocenters. The van der Waals surface area contributed by atoms with E-state index in [0.29, 0.717) is 0 Å². The molecule has 1 aromatic heterocycles. The van der Waals surface area contributed by atoms with E-state index in [1.165, 1.54) is 0 Å². The van der Waals surface area contributed by atoms with E-state index in [9.17, 15) is 0 Å². The van der Waals surface area contributed by atoms with E-state index in [2.05, 4.69) is 25.3 Å². The molecule has 0 unspecified atom stereocenters. The minimum absolute atomic E-state index is 0. The van der Waals surface area contributed by atoms with Crippen molar-refractivity contribution in [2.75, 3.05) is 53.0 Å². The summed E-state index contributed by atoms with van der Waals surface area (Å²) in [6.07, 6.45) is 3.82. The molecule has 1 aliphatic rings. The molecule has 7 nitrogen and oxygen atoms in total. The van der Waals surface area contributed by atoms with Crippen LogP contribution in [0.15, 0.2) is 21.8 Å². The van der Waals surface area contributed by atoms with Gasteiger partial charge in [0, 0.05) is 65.6 Å². The van der Waals surface area contributed by atoms with Crippen LogP contribution in [0.3, 0.4) is 0 Å². The Morgan fingerprint density at radius 2 is 2.12 bits per heavy atom. The zero-order chi connectivity index (χ0) is 16.3. The highest BCUT2D eigenvalue weighted by Crippen LogP contribution is 2.07. The van der Waals surface area contributed by atoms with Gasteiger partial charge in [-0.15, -0.1) is 24.0 Å². The maximum absolute atomic E-state index is 5.35. The number of nitrogens with one attached hydrogen (secondary N) is 1. The van der Waals surface area contributed by atoms with Gasteiger partial charge < -0.3 is 19.5 Å². The molecule has 2 rings (SSSR count). The summed E-state index contributed by atoms with van der Waals surface area (Å²) in [5.41, 5.74) is 0.996. The quantitative estimate of drug-likeness (QED) is 0.282. The van der Waals surface area contributed by atoms with E-state index < -0.39 is 0 Å². The summed E-state index contributed by atoms with van der Waals surface area (Å²) in [5, 5.41) is 7.43. The Kier molecular flexibility index (Phi) is 11.0. The summed E-state index contributed by atoms with van der Waals surface area (Å²) in [4.78, 5) is 9.11. The normalized spacial score (nSPS) is 16.1. The number of aromatic nitrogens is 1. The summed E-state index contributed by atoms with van der Waals surface area (Å²) in [6, 6.07) is 1.93. The van der Waals surface area contributed by atoms with Crippen LogP contribution in [0, 0.1) is 0 Å². The number of rotatable bonds is 8. The Hall–Kier alpha value is -0.870. The lowest BCUT2D eigenvalue weighted by Gasteiger charge is -2.36. The fourth-order valence-electron chi connectivity index (χ4n) is 2.67. The average Bonchev–Trinajstić information content (AvgIpc) is 3.08. The second-order valence-corrected chi connectivity index (χ2v) is 5.63. The van der Waals surface area contributed by atoms with Crippen molar-refractivity contribution in [1.29, 1.82) is 0 Å². The Morgan fingerprint density at radius 3 is 2.75 bits per heavy atom. The van der Waals surface area contributed by atoms with Gasteiger partial charge in [-0.05, 0) is 19.8 Å². The van der Waals surface area contributed by atoms with Crippen LogP contribution in [0.5, 0.6) is 0 Å². The van der Waals surface area contributed by atoms with Gasteiger partial charge in [-0.3, -0.25) is 9.89 Å². The molecule has 0 saturated carbocycles. The molecule has 0 amide bonds. The van der Waals surface area contributed by atoms with Crippen LogP contribution in [0.1, 0.15) is 25.5 Å². The smallest absolute Gasteiger partial charge is 0.193 e. The highest BCUT2D eigenvalue weighted by atomic mass is 127. The lowest BCUT2D eigenvalue weighted by molar-refractivity contribution is 0.143. The predicted molar refractivity (Wildman–Crippen MR) is 106 cm³/mol. The first-order chi connectivity index (χ1) is 11.3. The van der Waals surface area contributed by atoms with Gasteiger partial charge in [0.15, 0.2) is 5.96 Å². The van der Waals surface area contributed by atoms with Crippen molar-refractivity contribution in [3.8, 4) is 0 Å². The van der Waals surface area contributed by atoms with E-state index in [1.807, 2.05) is 20.0 Å². The first-order valence-corrected chi connectivity index (χ1v) is 8.48. The minimum Gasteiger partial charge on any atom is -0.382 e. The summed E-state index contributed by atoms with van der Waals surface area (Å²) in [5.74, 6) is 1.00. The maximum atomic E-state index is 5.35. The van der Waals surface area contributed by atoms with E-state index in [-0.39, 0.29) is 24.0 Å². The molecule has 0 bridgehead atoms. The number of piperazine rings is 1. The number of hydrogen-bond donors (Lipinski definition) is 1. The molecule has 24 heavy (non-hydrogen) atoms. The fraction of sp³-hybridized carbons (Fsp3) is 0.750. The lowest BCUT2D eigenvalue weighted by atomic mass is 10.3. The first-order valence-electron chi connectivity index (χ1n) is 8.48. The van der Waals surface area contributed by atoms with Crippen LogP contribution in [-0.4, -0.2) is 73.9 Å². The average molecular weight is 451 g/mol. The molecule has 0 aromatic carbocycles. The minimum atomic E-state index is 0. The zero-order valence-corrected chi connectivity index (χ0v) is 17.1. The Balaban J connectivity index is 0.00000288. The summed E-state index contributed by atoms with van der Waals surface area (Å²) in [6.45, 7) is 9.46. The van der Waals surface area contributed by atoms with E-state index in [4.69, 9.17) is 9.26 Å². The molecule has 1 N–H and O–H groups in total. The molecule has 1 fully saturated rings. The first kappa shape index (κ1) is 21.2. The number of aliphatic imine (C=N–C) groups is 1. The second kappa shape index (κ2) is 12.5. The molecule has 1 saturated heterocycles. The van der Waals surface area contributed by atoms with Crippen molar-refractivity contribution in [1.82, 2.24) is 20.3 Å². The molecule has 1 aliphatic heterocycles. The fourth-order valence-corrected chi connectivity index (χ4v) is 2.67. The standard InChI is InChI=1S/C16H29N5O2.HI/c1-3-22-12-5-4-7-18-16(17-2)21-10-8-20(9-11-21)14-15-6-13-23-19-15;/h6,13H,3-5,7-12,14H2,1-2H3,(H,17,18);1H. The van der Waals surface area contributed by atoms with Crippen LogP contribution in [-0.2, 0) is 11.3 Å². The number of ether oxygens (including phenoxy) is 1. The molecule has 0 aliphatic carbocycles. The monoisotopic (exact) mass is 451 g/mol. The molecular weight excluding hydrogens is 421 g/mol. The van der Waals surface area contributed by atoms with Gasteiger partial charge in [0.25, 0.3) is 0 Å². The Bertz CT molecular complexity index is 447. The van der Waals surface area contributed by atoms with Crippen molar-refractivity contribution < 1.29 is 9.26 Å². The van der Waals surface area contributed by atoms with Gasteiger partial charge >= 0.3 is 0 Å². The van der Waals surface area contributed by atoms with Crippen LogP contribution < -0.4 is 5.32 Å². The van der Waals surface area contributed by atoms with Gasteiger partial charge in [0.1, 0.15) is 6.26 Å². The Labute approximate surface area is 161 Å². The second-order valence-electron chi connectivity index (χ2n) is 5.63.